The van der Waals surface area contributed by atoms with Crippen molar-refractivity contribution in [1.82, 2.24) is 19.9 Å². The molecule has 0 aliphatic rings. The minimum atomic E-state index is -0.945. The first-order valence-corrected chi connectivity index (χ1v) is 13.6. The summed E-state index contributed by atoms with van der Waals surface area (Å²) in [5, 5.41) is 23.5. The lowest BCUT2D eigenvalue weighted by molar-refractivity contribution is -0.137. The first kappa shape index (κ1) is 28.4. The molecule has 44 heavy (non-hydrogen) atoms. The highest BCUT2D eigenvalue weighted by Gasteiger charge is 2.14. The number of benzene rings is 4. The molecule has 0 spiro atoms. The molecule has 2 aromatic heterocycles. The van der Waals surface area contributed by atoms with Gasteiger partial charge in [0, 0.05) is 11.1 Å². The fourth-order valence-corrected chi connectivity index (χ4v) is 4.98. The van der Waals surface area contributed by atoms with Crippen molar-refractivity contribution < 1.29 is 28.6 Å². The van der Waals surface area contributed by atoms with E-state index in [-0.39, 0.29) is 29.3 Å². The molecular weight excluding hydrogens is 590 g/mol. The van der Waals surface area contributed by atoms with Crippen LogP contribution < -0.4 is 10.6 Å². The van der Waals surface area contributed by atoms with Gasteiger partial charge in [-0.25, -0.2) is 18.7 Å². The van der Waals surface area contributed by atoms with E-state index in [1.807, 2.05) is 0 Å². The van der Waals surface area contributed by atoms with E-state index in [1.165, 1.54) is 24.3 Å². The maximum atomic E-state index is 15.0. The zero-order chi connectivity index (χ0) is 31.0. The molecule has 0 fully saturated rings. The van der Waals surface area contributed by atoms with Crippen LogP contribution in [-0.4, -0.2) is 47.2 Å². The van der Waals surface area contributed by atoms with Crippen LogP contribution in [0.2, 0.25) is 0 Å². The van der Waals surface area contributed by atoms with E-state index >= 15 is 8.78 Å². The van der Waals surface area contributed by atoms with Gasteiger partial charge in [0.25, 0.3) is 0 Å². The number of anilines is 2. The van der Waals surface area contributed by atoms with Crippen LogP contribution in [0.15, 0.2) is 72.8 Å². The molecule has 13 heteroatoms. The van der Waals surface area contributed by atoms with Crippen LogP contribution in [0, 0.1) is 11.6 Å². The van der Waals surface area contributed by atoms with Gasteiger partial charge in [-0.1, -0.05) is 12.1 Å². The molecule has 6 N–H and O–H groups in total. The second kappa shape index (κ2) is 11.5. The van der Waals surface area contributed by atoms with Gasteiger partial charge in [0.2, 0.25) is 0 Å². The molecular formula is C31H22F2N6O4S. The molecule has 2 heterocycles. The smallest absolute Gasteiger partial charge is 0.307 e. The fraction of sp³-hybridized carbons (Fsp3) is 0.0645. The van der Waals surface area contributed by atoms with Crippen LogP contribution in [-0.2, 0) is 22.4 Å². The quantitative estimate of drug-likeness (QED) is 0.112. The van der Waals surface area contributed by atoms with Crippen molar-refractivity contribution in [3.05, 3.63) is 95.6 Å². The third kappa shape index (κ3) is 6.08. The number of thiocarbonyl (C=S) groups is 1. The molecule has 0 saturated carbocycles. The number of nitrogens with one attached hydrogen (secondary N) is 4. The van der Waals surface area contributed by atoms with Gasteiger partial charge in [-0.2, -0.15) is 0 Å². The zero-order valence-corrected chi connectivity index (χ0v) is 23.4. The van der Waals surface area contributed by atoms with E-state index in [1.54, 1.807) is 48.5 Å². The van der Waals surface area contributed by atoms with Gasteiger partial charge < -0.3 is 30.8 Å². The summed E-state index contributed by atoms with van der Waals surface area (Å²) in [5.41, 5.74) is 4.76. The molecule has 220 valence electrons. The number of fused-ring (bicyclic) bond motifs is 2. The number of carbonyl (C=O) groups is 2. The normalized spacial score (nSPS) is 11.1. The Morgan fingerprint density at radius 1 is 0.682 bits per heavy atom. The molecule has 4 aromatic carbocycles. The molecule has 0 saturated heterocycles. The highest BCUT2D eigenvalue weighted by molar-refractivity contribution is 7.80. The Bertz CT molecular complexity index is 1960. The number of aromatic amines is 2. The van der Waals surface area contributed by atoms with Gasteiger partial charge in [-0.05, 0) is 84.0 Å². The van der Waals surface area contributed by atoms with Crippen molar-refractivity contribution in [3.63, 3.8) is 0 Å². The lowest BCUT2D eigenvalue weighted by Crippen LogP contribution is -2.20. The summed E-state index contributed by atoms with van der Waals surface area (Å²) in [6.07, 6.45) is -0.248. The largest absolute Gasteiger partial charge is 0.481 e. The zero-order valence-electron chi connectivity index (χ0n) is 22.6. The Labute approximate surface area is 252 Å². The van der Waals surface area contributed by atoms with Crippen molar-refractivity contribution in [1.29, 1.82) is 0 Å². The Morgan fingerprint density at radius 3 is 1.50 bits per heavy atom. The Balaban J connectivity index is 1.13. The van der Waals surface area contributed by atoms with Crippen LogP contribution in [0.25, 0.3) is 44.8 Å². The molecule has 0 aliphatic carbocycles. The summed E-state index contributed by atoms with van der Waals surface area (Å²) in [7, 11) is 0. The van der Waals surface area contributed by atoms with Crippen molar-refractivity contribution in [3.8, 4) is 22.8 Å². The molecule has 10 nitrogen and oxygen atoms in total. The van der Waals surface area contributed by atoms with Crippen molar-refractivity contribution >= 4 is 62.7 Å². The van der Waals surface area contributed by atoms with E-state index < -0.39 is 23.6 Å². The van der Waals surface area contributed by atoms with E-state index in [0.29, 0.717) is 56.0 Å². The SMILES string of the molecule is O=C(O)Cc1ccc2nc(-c3ccc(NC(=S)Nc4ccc(-c5nc6ccc(CC(=O)O)cc6[nH]5)cc4F)c(F)c3)[nH]c2c1. The molecule has 0 amide bonds. The standard InChI is InChI=1S/C31H22F2N6O4S/c32-19-13-17(29-34-23-5-1-15(11-27(40)41)9-25(23)36-29)3-7-21(19)38-31(44)39-22-8-4-18(14-20(22)33)30-35-24-6-2-16(12-28(42)43)10-26(24)37-30/h1-10,13-14H,11-12H2,(H,34,36)(H,35,37)(H,40,41)(H,42,43)(H2,38,39,44). The number of imidazole rings is 2. The molecule has 0 radical (unpaired) electrons. The number of carboxylic acid groups (broad SMARTS) is 2. The summed E-state index contributed by atoms with van der Waals surface area (Å²) in [6, 6.07) is 18.9. The molecule has 0 unspecified atom stereocenters. The summed E-state index contributed by atoms with van der Waals surface area (Å²) < 4.78 is 30.0. The average Bonchev–Trinajstić information content (AvgIpc) is 3.58. The van der Waals surface area contributed by atoms with E-state index in [9.17, 15) is 9.59 Å². The van der Waals surface area contributed by atoms with Gasteiger partial charge in [0.1, 0.15) is 23.3 Å². The maximum absolute atomic E-state index is 15.0. The first-order valence-electron chi connectivity index (χ1n) is 13.2. The Hall–Kier alpha value is -5.69. The van der Waals surface area contributed by atoms with Crippen LogP contribution in [0.5, 0.6) is 0 Å². The van der Waals surface area contributed by atoms with Gasteiger partial charge in [0.15, 0.2) is 5.11 Å². The predicted molar refractivity (Wildman–Crippen MR) is 165 cm³/mol. The summed E-state index contributed by atoms with van der Waals surface area (Å²) in [5.74, 6) is -2.31. The number of hydrogen-bond acceptors (Lipinski definition) is 5. The minimum Gasteiger partial charge on any atom is -0.481 e. The second-order valence-corrected chi connectivity index (χ2v) is 10.4. The van der Waals surface area contributed by atoms with Gasteiger partial charge in [-0.15, -0.1) is 0 Å². The molecule has 6 aromatic rings. The van der Waals surface area contributed by atoms with Gasteiger partial charge in [-0.3, -0.25) is 9.59 Å². The maximum Gasteiger partial charge on any atom is 0.307 e. The van der Waals surface area contributed by atoms with Gasteiger partial charge >= 0.3 is 11.9 Å². The number of halogens is 2. The summed E-state index contributed by atoms with van der Waals surface area (Å²) in [6.45, 7) is 0. The molecule has 0 aliphatic heterocycles. The van der Waals surface area contributed by atoms with E-state index in [2.05, 4.69) is 30.6 Å². The number of rotatable bonds is 8. The minimum absolute atomic E-state index is 0.0345. The number of carboxylic acids is 2. The summed E-state index contributed by atoms with van der Waals surface area (Å²) >= 11 is 5.28. The number of aliphatic carboxylic acids is 2. The molecule has 0 atom stereocenters. The summed E-state index contributed by atoms with van der Waals surface area (Å²) in [4.78, 5) is 37.1. The highest BCUT2D eigenvalue weighted by atomic mass is 32.1. The fourth-order valence-electron chi connectivity index (χ4n) is 4.76. The third-order valence-electron chi connectivity index (χ3n) is 6.78. The number of nitrogens with zero attached hydrogens (tertiary/aromatic N) is 2. The molecule has 0 bridgehead atoms. The number of hydrogen-bond donors (Lipinski definition) is 6. The lowest BCUT2D eigenvalue weighted by Gasteiger charge is -2.13. The topological polar surface area (TPSA) is 156 Å². The number of aromatic nitrogens is 4. The monoisotopic (exact) mass is 612 g/mol. The Morgan fingerprint density at radius 2 is 1.11 bits per heavy atom. The van der Waals surface area contributed by atoms with Crippen molar-refractivity contribution in [2.45, 2.75) is 12.8 Å². The van der Waals surface area contributed by atoms with E-state index in [0.717, 1.165) is 0 Å². The molecule has 6 rings (SSSR count). The lowest BCUT2D eigenvalue weighted by atomic mass is 10.1. The number of H-pyrrole nitrogens is 2. The highest BCUT2D eigenvalue weighted by Crippen LogP contribution is 2.27. The van der Waals surface area contributed by atoms with Crippen LogP contribution in [0.3, 0.4) is 0 Å². The third-order valence-corrected chi connectivity index (χ3v) is 6.99. The van der Waals surface area contributed by atoms with Crippen molar-refractivity contribution in [2.75, 3.05) is 10.6 Å². The van der Waals surface area contributed by atoms with Crippen LogP contribution in [0.1, 0.15) is 11.1 Å². The Kier molecular flexibility index (Phi) is 7.45. The van der Waals surface area contributed by atoms with E-state index in [4.69, 9.17) is 22.4 Å². The van der Waals surface area contributed by atoms with Crippen LogP contribution >= 0.6 is 12.2 Å². The average molecular weight is 613 g/mol. The second-order valence-electron chi connectivity index (χ2n) is 9.98. The van der Waals surface area contributed by atoms with Gasteiger partial charge in [0.05, 0.1) is 46.3 Å². The predicted octanol–water partition coefficient (Wildman–Crippen LogP) is 6.11. The van der Waals surface area contributed by atoms with Crippen LogP contribution in [0.4, 0.5) is 20.2 Å². The first-order chi connectivity index (χ1) is 21.1. The van der Waals surface area contributed by atoms with Crippen molar-refractivity contribution in [2.24, 2.45) is 0 Å².